The third kappa shape index (κ3) is 2.54. The molecule has 2 heterocycles. The zero-order valence-corrected chi connectivity index (χ0v) is 11.1. The number of nitrogens with two attached hydrogens (primary N) is 1. The molecule has 0 spiro atoms. The Morgan fingerprint density at radius 1 is 1.42 bits per heavy atom. The molecule has 0 atom stereocenters. The quantitative estimate of drug-likeness (QED) is 0.373. The van der Waals surface area contributed by atoms with E-state index >= 15 is 0 Å². The summed E-state index contributed by atoms with van der Waals surface area (Å²) >= 11 is 0. The van der Waals surface area contributed by atoms with E-state index in [4.69, 9.17) is 10.9 Å². The van der Waals surface area contributed by atoms with Crippen LogP contribution in [-0.4, -0.2) is 30.6 Å². The smallest absolute Gasteiger partial charge is 0.235 e. The van der Waals surface area contributed by atoms with E-state index in [9.17, 15) is 0 Å². The van der Waals surface area contributed by atoms with Gasteiger partial charge in [0.25, 0.3) is 0 Å². The van der Waals surface area contributed by atoms with Crippen LogP contribution in [0.15, 0.2) is 23.6 Å². The molecule has 2 aromatic heterocycles. The van der Waals surface area contributed by atoms with Crippen molar-refractivity contribution in [2.24, 2.45) is 10.9 Å². The highest BCUT2D eigenvalue weighted by atomic mass is 16.4. The van der Waals surface area contributed by atoms with Gasteiger partial charge in [-0.15, -0.1) is 0 Å². The summed E-state index contributed by atoms with van der Waals surface area (Å²) in [5.74, 6) is 0.975. The lowest BCUT2D eigenvalue weighted by Gasteiger charge is -2.10. The number of amidine groups is 1. The van der Waals surface area contributed by atoms with Crippen molar-refractivity contribution >= 4 is 5.84 Å². The Labute approximate surface area is 110 Å². The highest BCUT2D eigenvalue weighted by molar-refractivity contribution is 5.94. The van der Waals surface area contributed by atoms with Gasteiger partial charge in [0.15, 0.2) is 5.82 Å². The lowest BCUT2D eigenvalue weighted by atomic mass is 10.1. The van der Waals surface area contributed by atoms with Gasteiger partial charge >= 0.3 is 0 Å². The second-order valence-electron chi connectivity index (χ2n) is 4.49. The zero-order valence-electron chi connectivity index (χ0n) is 11.1. The third-order valence-corrected chi connectivity index (χ3v) is 2.65. The van der Waals surface area contributed by atoms with Crippen LogP contribution < -0.4 is 5.73 Å². The summed E-state index contributed by atoms with van der Waals surface area (Å²) in [5, 5.41) is 11.7. The first kappa shape index (κ1) is 13.0. The molecule has 0 unspecified atom stereocenters. The van der Waals surface area contributed by atoms with Crippen molar-refractivity contribution in [3.05, 3.63) is 35.7 Å². The standard InChI is InChI=1S/C12H16N6O/c1-7(2)9-6-8(3)15-12(16-9)18-5-4-14-11(18)10(13)17-19/h4-7,19H,1-3H3,(H2,13,17). The van der Waals surface area contributed by atoms with Crippen LogP contribution in [0.5, 0.6) is 0 Å². The molecule has 3 N–H and O–H groups in total. The van der Waals surface area contributed by atoms with E-state index in [1.807, 2.05) is 13.0 Å². The minimum atomic E-state index is -0.0822. The molecule has 0 saturated carbocycles. The molecule has 0 aromatic carbocycles. The molecule has 0 bridgehead atoms. The number of imidazole rings is 1. The van der Waals surface area contributed by atoms with Crippen LogP contribution in [0.4, 0.5) is 0 Å². The van der Waals surface area contributed by atoms with Crippen LogP contribution in [-0.2, 0) is 0 Å². The average Bonchev–Trinajstić information content (AvgIpc) is 2.86. The van der Waals surface area contributed by atoms with Crippen LogP contribution in [0.25, 0.3) is 5.95 Å². The zero-order chi connectivity index (χ0) is 14.0. The van der Waals surface area contributed by atoms with E-state index in [2.05, 4.69) is 34.0 Å². The second-order valence-corrected chi connectivity index (χ2v) is 4.49. The Morgan fingerprint density at radius 2 is 2.16 bits per heavy atom. The molecule has 0 fully saturated rings. The molecule has 0 aliphatic carbocycles. The molecule has 7 nitrogen and oxygen atoms in total. The van der Waals surface area contributed by atoms with E-state index in [-0.39, 0.29) is 11.8 Å². The fourth-order valence-corrected chi connectivity index (χ4v) is 1.68. The molecule has 7 heteroatoms. The Bertz CT molecular complexity index is 616. The van der Waals surface area contributed by atoms with Gasteiger partial charge in [-0.1, -0.05) is 19.0 Å². The van der Waals surface area contributed by atoms with Gasteiger partial charge in [0.2, 0.25) is 11.8 Å². The van der Waals surface area contributed by atoms with Gasteiger partial charge in [-0.3, -0.25) is 4.57 Å². The monoisotopic (exact) mass is 260 g/mol. The summed E-state index contributed by atoms with van der Waals surface area (Å²) in [7, 11) is 0. The number of aromatic nitrogens is 4. The lowest BCUT2D eigenvalue weighted by Crippen LogP contribution is -2.20. The predicted molar refractivity (Wildman–Crippen MR) is 70.5 cm³/mol. The lowest BCUT2D eigenvalue weighted by molar-refractivity contribution is 0.318. The molecular weight excluding hydrogens is 244 g/mol. The Kier molecular flexibility index (Phi) is 3.46. The average molecular weight is 260 g/mol. The molecule has 0 amide bonds. The van der Waals surface area contributed by atoms with Gasteiger partial charge < -0.3 is 10.9 Å². The minimum absolute atomic E-state index is 0.0822. The highest BCUT2D eigenvalue weighted by Crippen LogP contribution is 2.15. The Hall–Kier alpha value is -2.44. The predicted octanol–water partition coefficient (Wildman–Crippen LogP) is 1.19. The van der Waals surface area contributed by atoms with Crippen molar-refractivity contribution in [3.63, 3.8) is 0 Å². The number of oxime groups is 1. The molecule has 0 saturated heterocycles. The number of hydrogen-bond donors (Lipinski definition) is 2. The fraction of sp³-hybridized carbons (Fsp3) is 0.333. The van der Waals surface area contributed by atoms with Gasteiger partial charge in [0, 0.05) is 23.8 Å². The molecule has 19 heavy (non-hydrogen) atoms. The van der Waals surface area contributed by atoms with Crippen LogP contribution in [0.1, 0.15) is 37.0 Å². The minimum Gasteiger partial charge on any atom is -0.409 e. The SMILES string of the molecule is Cc1cc(C(C)C)nc(-n2ccnc2/C(N)=N/O)n1. The first-order valence-corrected chi connectivity index (χ1v) is 5.90. The molecular formula is C12H16N6O. The van der Waals surface area contributed by atoms with Crippen molar-refractivity contribution in [2.75, 3.05) is 0 Å². The molecule has 2 aromatic rings. The van der Waals surface area contributed by atoms with Gasteiger partial charge in [0.05, 0.1) is 0 Å². The van der Waals surface area contributed by atoms with Crippen molar-refractivity contribution in [1.29, 1.82) is 0 Å². The van der Waals surface area contributed by atoms with E-state index in [1.165, 1.54) is 0 Å². The Balaban J connectivity index is 2.56. The Morgan fingerprint density at radius 3 is 2.79 bits per heavy atom. The summed E-state index contributed by atoms with van der Waals surface area (Å²) in [4.78, 5) is 12.9. The number of aryl methyl sites for hydroxylation is 1. The number of rotatable bonds is 3. The summed E-state index contributed by atoms with van der Waals surface area (Å²) in [5.41, 5.74) is 7.36. The molecule has 0 aliphatic rings. The summed E-state index contributed by atoms with van der Waals surface area (Å²) in [6.07, 6.45) is 3.22. The van der Waals surface area contributed by atoms with Gasteiger partial charge in [0.1, 0.15) is 0 Å². The maximum absolute atomic E-state index is 8.74. The van der Waals surface area contributed by atoms with Crippen LogP contribution in [0, 0.1) is 6.92 Å². The van der Waals surface area contributed by atoms with Gasteiger partial charge in [-0.2, -0.15) is 0 Å². The third-order valence-electron chi connectivity index (χ3n) is 2.65. The van der Waals surface area contributed by atoms with Gasteiger partial charge in [-0.25, -0.2) is 15.0 Å². The number of nitrogens with zero attached hydrogens (tertiary/aromatic N) is 5. The molecule has 2 rings (SSSR count). The second kappa shape index (κ2) is 5.05. The first-order valence-electron chi connectivity index (χ1n) is 5.90. The fourth-order valence-electron chi connectivity index (χ4n) is 1.68. The largest absolute Gasteiger partial charge is 0.409 e. The maximum atomic E-state index is 8.74. The molecule has 0 aliphatic heterocycles. The summed E-state index contributed by atoms with van der Waals surface area (Å²) < 4.78 is 1.59. The molecule has 100 valence electrons. The van der Waals surface area contributed by atoms with Crippen LogP contribution >= 0.6 is 0 Å². The summed E-state index contributed by atoms with van der Waals surface area (Å²) in [6.45, 7) is 6.02. The summed E-state index contributed by atoms with van der Waals surface area (Å²) in [6, 6.07) is 1.94. The number of hydrogen-bond acceptors (Lipinski definition) is 5. The van der Waals surface area contributed by atoms with E-state index in [1.54, 1.807) is 17.0 Å². The van der Waals surface area contributed by atoms with Gasteiger partial charge in [-0.05, 0) is 18.9 Å². The normalized spacial score (nSPS) is 12.1. The van der Waals surface area contributed by atoms with Crippen LogP contribution in [0.3, 0.4) is 0 Å². The van der Waals surface area contributed by atoms with Crippen molar-refractivity contribution in [3.8, 4) is 5.95 Å². The van der Waals surface area contributed by atoms with Crippen molar-refractivity contribution < 1.29 is 5.21 Å². The van der Waals surface area contributed by atoms with Crippen molar-refractivity contribution in [1.82, 2.24) is 19.5 Å². The molecule has 0 radical (unpaired) electrons. The topological polar surface area (TPSA) is 102 Å². The van der Waals surface area contributed by atoms with E-state index in [0.29, 0.717) is 11.8 Å². The van der Waals surface area contributed by atoms with E-state index < -0.39 is 0 Å². The maximum Gasteiger partial charge on any atom is 0.235 e. The highest BCUT2D eigenvalue weighted by Gasteiger charge is 2.13. The van der Waals surface area contributed by atoms with E-state index in [0.717, 1.165) is 11.4 Å². The van der Waals surface area contributed by atoms with Crippen molar-refractivity contribution in [2.45, 2.75) is 26.7 Å². The first-order chi connectivity index (χ1) is 9.02. The van der Waals surface area contributed by atoms with Crippen LogP contribution in [0.2, 0.25) is 0 Å².